The molecule has 0 atom stereocenters. The van der Waals surface area contributed by atoms with E-state index in [4.69, 9.17) is 9.47 Å². The van der Waals surface area contributed by atoms with E-state index in [1.165, 1.54) is 24.3 Å². The number of hydrogen-bond acceptors (Lipinski definition) is 5. The van der Waals surface area contributed by atoms with Crippen LogP contribution in [0.5, 0.6) is 11.5 Å². The summed E-state index contributed by atoms with van der Waals surface area (Å²) in [6.45, 7) is 3.00. The largest absolute Gasteiger partial charge is 0.454 e. The van der Waals surface area contributed by atoms with Crippen LogP contribution >= 0.6 is 0 Å². The van der Waals surface area contributed by atoms with Gasteiger partial charge in [-0.05, 0) is 36.8 Å². The van der Waals surface area contributed by atoms with Gasteiger partial charge in [0, 0.05) is 30.9 Å². The monoisotopic (exact) mass is 343 g/mol. The number of nitro benzene ring substituents is 1. The van der Waals surface area contributed by atoms with E-state index in [0.717, 1.165) is 5.56 Å². The van der Waals surface area contributed by atoms with E-state index in [1.54, 1.807) is 4.90 Å². The fourth-order valence-corrected chi connectivity index (χ4v) is 2.46. The van der Waals surface area contributed by atoms with Crippen LogP contribution in [0.4, 0.5) is 16.2 Å². The minimum absolute atomic E-state index is 0.0225. The number of benzene rings is 2. The van der Waals surface area contributed by atoms with Gasteiger partial charge < -0.3 is 19.7 Å². The van der Waals surface area contributed by atoms with Crippen LogP contribution in [0.2, 0.25) is 0 Å². The molecule has 3 rings (SSSR count). The van der Waals surface area contributed by atoms with Crippen molar-refractivity contribution in [1.29, 1.82) is 0 Å². The van der Waals surface area contributed by atoms with Crippen molar-refractivity contribution in [1.82, 2.24) is 4.90 Å². The maximum atomic E-state index is 12.4. The third kappa shape index (κ3) is 3.79. The maximum Gasteiger partial charge on any atom is 0.322 e. The van der Waals surface area contributed by atoms with Gasteiger partial charge in [0.2, 0.25) is 6.79 Å². The summed E-state index contributed by atoms with van der Waals surface area (Å²) in [4.78, 5) is 24.2. The third-order valence-electron chi connectivity index (χ3n) is 3.81. The van der Waals surface area contributed by atoms with Gasteiger partial charge in [-0.3, -0.25) is 10.1 Å². The molecule has 2 aromatic carbocycles. The number of anilines is 1. The number of rotatable bonds is 5. The van der Waals surface area contributed by atoms with Crippen molar-refractivity contribution in [3.63, 3.8) is 0 Å². The zero-order chi connectivity index (χ0) is 17.8. The Kier molecular flexibility index (Phi) is 4.69. The predicted octanol–water partition coefficient (Wildman–Crippen LogP) is 3.38. The summed E-state index contributed by atoms with van der Waals surface area (Å²) < 4.78 is 10.6. The first kappa shape index (κ1) is 16.6. The Morgan fingerprint density at radius 1 is 1.20 bits per heavy atom. The Labute approximate surface area is 144 Å². The molecule has 0 fully saturated rings. The molecule has 2 aromatic rings. The highest BCUT2D eigenvalue weighted by Gasteiger charge is 2.17. The van der Waals surface area contributed by atoms with Crippen LogP contribution < -0.4 is 14.8 Å². The van der Waals surface area contributed by atoms with E-state index >= 15 is 0 Å². The van der Waals surface area contributed by atoms with E-state index in [9.17, 15) is 14.9 Å². The minimum atomic E-state index is -0.483. The summed E-state index contributed by atoms with van der Waals surface area (Å²) in [6, 6.07) is 11.0. The van der Waals surface area contributed by atoms with E-state index in [1.807, 2.05) is 25.1 Å². The molecule has 8 nitrogen and oxygen atoms in total. The molecule has 25 heavy (non-hydrogen) atoms. The fraction of sp³-hybridized carbons (Fsp3) is 0.235. The van der Waals surface area contributed by atoms with Gasteiger partial charge in [-0.1, -0.05) is 6.07 Å². The number of hydrogen-bond donors (Lipinski definition) is 1. The molecule has 130 valence electrons. The van der Waals surface area contributed by atoms with Crippen LogP contribution in [0.25, 0.3) is 0 Å². The molecular formula is C17H17N3O5. The van der Waals surface area contributed by atoms with Gasteiger partial charge >= 0.3 is 6.03 Å². The van der Waals surface area contributed by atoms with Crippen molar-refractivity contribution in [2.45, 2.75) is 13.5 Å². The number of non-ortho nitro benzene ring substituents is 1. The first-order valence-electron chi connectivity index (χ1n) is 7.75. The zero-order valence-electron chi connectivity index (χ0n) is 13.6. The number of carbonyl (C=O) groups is 1. The number of fused-ring (bicyclic) bond motifs is 1. The molecule has 1 heterocycles. The van der Waals surface area contributed by atoms with E-state index < -0.39 is 4.92 Å². The van der Waals surface area contributed by atoms with Gasteiger partial charge in [0.15, 0.2) is 11.5 Å². The third-order valence-corrected chi connectivity index (χ3v) is 3.81. The van der Waals surface area contributed by atoms with E-state index in [-0.39, 0.29) is 18.5 Å². The molecule has 0 saturated carbocycles. The number of ether oxygens (including phenoxy) is 2. The second kappa shape index (κ2) is 7.08. The highest BCUT2D eigenvalue weighted by molar-refractivity contribution is 5.89. The Morgan fingerprint density at radius 3 is 2.60 bits per heavy atom. The lowest BCUT2D eigenvalue weighted by molar-refractivity contribution is -0.384. The first-order chi connectivity index (χ1) is 12.1. The molecule has 0 unspecified atom stereocenters. The summed E-state index contributed by atoms with van der Waals surface area (Å²) in [6.07, 6.45) is 0. The number of urea groups is 1. The molecule has 0 aromatic heterocycles. The highest BCUT2D eigenvalue weighted by atomic mass is 16.7. The lowest BCUT2D eigenvalue weighted by Crippen LogP contribution is -2.34. The van der Waals surface area contributed by atoms with Gasteiger partial charge in [-0.2, -0.15) is 0 Å². The summed E-state index contributed by atoms with van der Waals surface area (Å²) in [5.41, 5.74) is 1.40. The topological polar surface area (TPSA) is 93.9 Å². The Morgan fingerprint density at radius 2 is 1.92 bits per heavy atom. The van der Waals surface area contributed by atoms with Crippen molar-refractivity contribution in [2.24, 2.45) is 0 Å². The van der Waals surface area contributed by atoms with Crippen LogP contribution in [-0.2, 0) is 6.54 Å². The van der Waals surface area contributed by atoms with Crippen LogP contribution in [0.1, 0.15) is 12.5 Å². The lowest BCUT2D eigenvalue weighted by Gasteiger charge is -2.21. The van der Waals surface area contributed by atoms with Gasteiger partial charge in [0.25, 0.3) is 5.69 Å². The van der Waals surface area contributed by atoms with Gasteiger partial charge in [-0.15, -0.1) is 0 Å². The zero-order valence-corrected chi connectivity index (χ0v) is 13.6. The van der Waals surface area contributed by atoms with Crippen molar-refractivity contribution in [2.75, 3.05) is 18.7 Å². The highest BCUT2D eigenvalue weighted by Crippen LogP contribution is 2.32. The fourth-order valence-electron chi connectivity index (χ4n) is 2.46. The SMILES string of the molecule is CCN(Cc1ccc2c(c1)OCO2)C(=O)Nc1ccc([N+](=O)[O-])cc1. The molecule has 1 N–H and O–H groups in total. The average molecular weight is 343 g/mol. The smallest absolute Gasteiger partial charge is 0.322 e. The molecule has 1 aliphatic rings. The van der Waals surface area contributed by atoms with Crippen molar-refractivity contribution >= 4 is 17.4 Å². The summed E-state index contributed by atoms with van der Waals surface area (Å²) >= 11 is 0. The van der Waals surface area contributed by atoms with Crippen molar-refractivity contribution in [3.8, 4) is 11.5 Å². The van der Waals surface area contributed by atoms with Crippen LogP contribution in [0.15, 0.2) is 42.5 Å². The van der Waals surface area contributed by atoms with Crippen LogP contribution in [-0.4, -0.2) is 29.2 Å². The molecule has 0 aliphatic carbocycles. The van der Waals surface area contributed by atoms with Crippen molar-refractivity contribution in [3.05, 3.63) is 58.1 Å². The maximum absolute atomic E-state index is 12.4. The first-order valence-corrected chi connectivity index (χ1v) is 7.75. The quantitative estimate of drug-likeness (QED) is 0.663. The molecule has 1 aliphatic heterocycles. The molecule has 2 amide bonds. The molecule has 0 saturated heterocycles. The summed E-state index contributed by atoms with van der Waals surface area (Å²) in [7, 11) is 0. The minimum Gasteiger partial charge on any atom is -0.454 e. The molecule has 0 bridgehead atoms. The molecule has 8 heteroatoms. The number of carbonyl (C=O) groups excluding carboxylic acids is 1. The summed E-state index contributed by atoms with van der Waals surface area (Å²) in [5.74, 6) is 1.37. The van der Waals surface area contributed by atoms with Gasteiger partial charge in [-0.25, -0.2) is 4.79 Å². The average Bonchev–Trinajstić information content (AvgIpc) is 3.07. The Bertz CT molecular complexity index is 791. The van der Waals surface area contributed by atoms with Gasteiger partial charge in [0.1, 0.15) is 0 Å². The Balaban J connectivity index is 1.65. The van der Waals surface area contributed by atoms with E-state index in [0.29, 0.717) is 30.3 Å². The predicted molar refractivity (Wildman–Crippen MR) is 90.8 cm³/mol. The van der Waals surface area contributed by atoms with Gasteiger partial charge in [0.05, 0.1) is 4.92 Å². The van der Waals surface area contributed by atoms with E-state index in [2.05, 4.69) is 5.32 Å². The van der Waals surface area contributed by atoms with Crippen LogP contribution in [0, 0.1) is 10.1 Å². The number of amides is 2. The lowest BCUT2D eigenvalue weighted by atomic mass is 10.2. The summed E-state index contributed by atoms with van der Waals surface area (Å²) in [5, 5.41) is 13.4. The second-order valence-corrected chi connectivity index (χ2v) is 5.44. The number of nitro groups is 1. The molecule has 0 spiro atoms. The standard InChI is InChI=1S/C17H17N3O5/c1-2-19(10-12-3-8-15-16(9-12)25-11-24-15)17(21)18-13-4-6-14(7-5-13)20(22)23/h3-9H,2,10-11H2,1H3,(H,18,21). The number of nitrogens with one attached hydrogen (secondary N) is 1. The molecule has 0 radical (unpaired) electrons. The number of nitrogens with zero attached hydrogens (tertiary/aromatic N) is 2. The van der Waals surface area contributed by atoms with Crippen molar-refractivity contribution < 1.29 is 19.2 Å². The Hall–Kier alpha value is -3.29. The second-order valence-electron chi connectivity index (χ2n) is 5.44. The normalized spacial score (nSPS) is 11.9. The molecular weight excluding hydrogens is 326 g/mol. The van der Waals surface area contributed by atoms with Crippen LogP contribution in [0.3, 0.4) is 0 Å².